The van der Waals surface area contributed by atoms with Gasteiger partial charge < -0.3 is 11.1 Å². The monoisotopic (exact) mass is 274 g/mol. The molecule has 2 aromatic rings. The number of benzene rings is 2. The largest absolute Gasteiger partial charge is 0.399 e. The molecule has 0 fully saturated rings. The second kappa shape index (κ2) is 5.33. The molecule has 0 aliphatic heterocycles. The first-order valence-electron chi connectivity index (χ1n) is 5.91. The summed E-state index contributed by atoms with van der Waals surface area (Å²) in [5.41, 5.74) is 9.41. The lowest BCUT2D eigenvalue weighted by molar-refractivity contribution is 0.102. The Morgan fingerprint density at radius 3 is 2.53 bits per heavy atom. The van der Waals surface area contributed by atoms with Crippen molar-refractivity contribution in [3.8, 4) is 0 Å². The third-order valence-electron chi connectivity index (χ3n) is 2.94. The Labute approximate surface area is 117 Å². The molecular formula is C15H15ClN2O. The van der Waals surface area contributed by atoms with Gasteiger partial charge in [-0.15, -0.1) is 0 Å². The zero-order valence-electron chi connectivity index (χ0n) is 10.8. The van der Waals surface area contributed by atoms with E-state index in [1.807, 2.05) is 26.0 Å². The molecule has 0 spiro atoms. The van der Waals surface area contributed by atoms with Crippen LogP contribution in [0.25, 0.3) is 0 Å². The predicted molar refractivity (Wildman–Crippen MR) is 79.7 cm³/mol. The molecule has 3 nitrogen and oxygen atoms in total. The Kier molecular flexibility index (Phi) is 3.76. The summed E-state index contributed by atoms with van der Waals surface area (Å²) in [6.07, 6.45) is 0. The van der Waals surface area contributed by atoms with Crippen molar-refractivity contribution >= 4 is 28.9 Å². The number of aryl methyl sites for hydroxylation is 2. The molecule has 0 aliphatic rings. The standard InChI is InChI=1S/C15H15ClN2O/c1-9-3-5-12(17)8-13(9)15(19)18-14-6-4-11(16)7-10(14)2/h3-8H,17H2,1-2H3,(H,18,19). The van der Waals surface area contributed by atoms with Gasteiger partial charge in [-0.2, -0.15) is 0 Å². The first-order chi connectivity index (χ1) is 8.97. The fourth-order valence-corrected chi connectivity index (χ4v) is 2.07. The Bertz CT molecular complexity index is 638. The Morgan fingerprint density at radius 2 is 1.84 bits per heavy atom. The minimum absolute atomic E-state index is 0.171. The molecule has 0 saturated carbocycles. The summed E-state index contributed by atoms with van der Waals surface area (Å²) in [6, 6.07) is 10.6. The van der Waals surface area contributed by atoms with E-state index in [-0.39, 0.29) is 5.91 Å². The summed E-state index contributed by atoms with van der Waals surface area (Å²) >= 11 is 5.89. The van der Waals surface area contributed by atoms with Gasteiger partial charge in [-0.1, -0.05) is 17.7 Å². The van der Waals surface area contributed by atoms with E-state index in [4.69, 9.17) is 17.3 Å². The first-order valence-corrected chi connectivity index (χ1v) is 6.29. The van der Waals surface area contributed by atoms with Crippen molar-refractivity contribution in [2.45, 2.75) is 13.8 Å². The molecule has 3 N–H and O–H groups in total. The second-order valence-electron chi connectivity index (χ2n) is 4.49. The minimum Gasteiger partial charge on any atom is -0.399 e. The molecule has 0 bridgehead atoms. The molecule has 0 atom stereocenters. The minimum atomic E-state index is -0.171. The highest BCUT2D eigenvalue weighted by Crippen LogP contribution is 2.21. The summed E-state index contributed by atoms with van der Waals surface area (Å²) < 4.78 is 0. The van der Waals surface area contributed by atoms with E-state index in [9.17, 15) is 4.79 Å². The number of nitrogens with two attached hydrogens (primary N) is 1. The van der Waals surface area contributed by atoms with Crippen LogP contribution in [0.3, 0.4) is 0 Å². The van der Waals surface area contributed by atoms with E-state index in [1.165, 1.54) is 0 Å². The number of carbonyl (C=O) groups is 1. The summed E-state index contributed by atoms with van der Waals surface area (Å²) in [7, 11) is 0. The number of rotatable bonds is 2. The molecule has 0 unspecified atom stereocenters. The van der Waals surface area contributed by atoms with Gasteiger partial charge in [0, 0.05) is 22.0 Å². The van der Waals surface area contributed by atoms with Crippen LogP contribution in [0.5, 0.6) is 0 Å². The molecule has 1 amide bonds. The van der Waals surface area contributed by atoms with Crippen LogP contribution in [-0.4, -0.2) is 5.91 Å². The van der Waals surface area contributed by atoms with Crippen LogP contribution in [0.4, 0.5) is 11.4 Å². The smallest absolute Gasteiger partial charge is 0.256 e. The van der Waals surface area contributed by atoms with Gasteiger partial charge in [-0.05, 0) is 55.3 Å². The maximum atomic E-state index is 12.2. The SMILES string of the molecule is Cc1cc(Cl)ccc1NC(=O)c1cc(N)ccc1C. The third-order valence-corrected chi connectivity index (χ3v) is 3.18. The number of carbonyl (C=O) groups excluding carboxylic acids is 1. The zero-order chi connectivity index (χ0) is 14.0. The van der Waals surface area contributed by atoms with Crippen LogP contribution < -0.4 is 11.1 Å². The van der Waals surface area contributed by atoms with Crippen molar-refractivity contribution in [3.05, 3.63) is 58.1 Å². The van der Waals surface area contributed by atoms with Crippen LogP contribution in [0.2, 0.25) is 5.02 Å². The van der Waals surface area contributed by atoms with Crippen molar-refractivity contribution in [1.29, 1.82) is 0 Å². The lowest BCUT2D eigenvalue weighted by Crippen LogP contribution is -2.14. The van der Waals surface area contributed by atoms with Crippen LogP contribution in [0.1, 0.15) is 21.5 Å². The van der Waals surface area contributed by atoms with Gasteiger partial charge in [-0.3, -0.25) is 4.79 Å². The van der Waals surface area contributed by atoms with E-state index in [1.54, 1.807) is 24.3 Å². The fourth-order valence-electron chi connectivity index (χ4n) is 1.84. The fraction of sp³-hybridized carbons (Fsp3) is 0.133. The van der Waals surface area contributed by atoms with E-state index in [0.717, 1.165) is 16.8 Å². The summed E-state index contributed by atoms with van der Waals surface area (Å²) in [4.78, 5) is 12.2. The van der Waals surface area contributed by atoms with Gasteiger partial charge in [-0.25, -0.2) is 0 Å². The van der Waals surface area contributed by atoms with E-state index in [2.05, 4.69) is 5.32 Å². The van der Waals surface area contributed by atoms with Gasteiger partial charge in [0.15, 0.2) is 0 Å². The first kappa shape index (κ1) is 13.4. The molecule has 19 heavy (non-hydrogen) atoms. The molecule has 0 aromatic heterocycles. The highest BCUT2D eigenvalue weighted by Gasteiger charge is 2.11. The lowest BCUT2D eigenvalue weighted by Gasteiger charge is -2.11. The highest BCUT2D eigenvalue weighted by atomic mass is 35.5. The Hall–Kier alpha value is -2.00. The average molecular weight is 275 g/mol. The topological polar surface area (TPSA) is 55.1 Å². The maximum absolute atomic E-state index is 12.2. The van der Waals surface area contributed by atoms with Crippen molar-refractivity contribution in [2.75, 3.05) is 11.1 Å². The molecule has 0 radical (unpaired) electrons. The molecule has 0 heterocycles. The van der Waals surface area contributed by atoms with Gasteiger partial charge in [0.2, 0.25) is 0 Å². The maximum Gasteiger partial charge on any atom is 0.256 e. The van der Waals surface area contributed by atoms with Gasteiger partial charge >= 0.3 is 0 Å². The number of halogens is 1. The summed E-state index contributed by atoms with van der Waals surface area (Å²) in [5, 5.41) is 3.52. The van der Waals surface area contributed by atoms with Crippen LogP contribution in [0, 0.1) is 13.8 Å². The zero-order valence-corrected chi connectivity index (χ0v) is 11.6. The molecule has 0 aliphatic carbocycles. The normalized spacial score (nSPS) is 10.3. The van der Waals surface area contributed by atoms with Crippen molar-refractivity contribution in [3.63, 3.8) is 0 Å². The quantitative estimate of drug-likeness (QED) is 0.819. The molecule has 2 aromatic carbocycles. The summed E-state index contributed by atoms with van der Waals surface area (Å²) in [5.74, 6) is -0.171. The van der Waals surface area contributed by atoms with Crippen LogP contribution in [0.15, 0.2) is 36.4 Å². The number of anilines is 2. The van der Waals surface area contributed by atoms with Gasteiger partial charge in [0.1, 0.15) is 0 Å². The van der Waals surface area contributed by atoms with Crippen molar-refractivity contribution in [2.24, 2.45) is 0 Å². The average Bonchev–Trinajstić information content (AvgIpc) is 2.35. The van der Waals surface area contributed by atoms with Crippen molar-refractivity contribution < 1.29 is 4.79 Å². The van der Waals surface area contributed by atoms with E-state index >= 15 is 0 Å². The molecule has 98 valence electrons. The number of hydrogen-bond acceptors (Lipinski definition) is 2. The summed E-state index contributed by atoms with van der Waals surface area (Å²) in [6.45, 7) is 3.77. The molecule has 2 rings (SSSR count). The Morgan fingerprint density at radius 1 is 1.11 bits per heavy atom. The number of nitrogen functional groups attached to an aromatic ring is 1. The molecule has 4 heteroatoms. The highest BCUT2D eigenvalue weighted by molar-refractivity contribution is 6.30. The van der Waals surface area contributed by atoms with E-state index in [0.29, 0.717) is 16.3 Å². The van der Waals surface area contributed by atoms with Crippen LogP contribution >= 0.6 is 11.6 Å². The number of nitrogens with one attached hydrogen (secondary N) is 1. The molecule has 0 saturated heterocycles. The van der Waals surface area contributed by atoms with Crippen LogP contribution in [-0.2, 0) is 0 Å². The van der Waals surface area contributed by atoms with E-state index < -0.39 is 0 Å². The third kappa shape index (κ3) is 3.06. The van der Waals surface area contributed by atoms with Gasteiger partial charge in [0.05, 0.1) is 0 Å². The number of hydrogen-bond donors (Lipinski definition) is 2. The lowest BCUT2D eigenvalue weighted by atomic mass is 10.1. The predicted octanol–water partition coefficient (Wildman–Crippen LogP) is 3.79. The second-order valence-corrected chi connectivity index (χ2v) is 4.92. The Balaban J connectivity index is 2.28. The van der Waals surface area contributed by atoms with Gasteiger partial charge in [0.25, 0.3) is 5.91 Å². The number of amides is 1. The van der Waals surface area contributed by atoms with Crippen molar-refractivity contribution in [1.82, 2.24) is 0 Å². The molecular weight excluding hydrogens is 260 g/mol.